The second-order valence-corrected chi connectivity index (χ2v) is 8.06. The fraction of sp³-hybridized carbons (Fsp3) is 0.667. The molecule has 0 bridgehead atoms. The summed E-state index contributed by atoms with van der Waals surface area (Å²) in [6.45, 7) is 0. The van der Waals surface area contributed by atoms with E-state index in [4.69, 9.17) is 14.2 Å². The summed E-state index contributed by atoms with van der Waals surface area (Å²) in [6.07, 6.45) is 4.67. The van der Waals surface area contributed by atoms with Gasteiger partial charge < -0.3 is 24.0 Å². The zero-order chi connectivity index (χ0) is 19.7. The minimum absolute atomic E-state index is 0.0260. The number of hydrogen-bond donors (Lipinski definition) is 0. The van der Waals surface area contributed by atoms with Gasteiger partial charge in [0.05, 0.1) is 26.9 Å². The van der Waals surface area contributed by atoms with Gasteiger partial charge in [-0.1, -0.05) is 0 Å². The molecule has 2 fully saturated rings. The molecule has 0 radical (unpaired) electrons. The van der Waals surface area contributed by atoms with E-state index in [0.717, 1.165) is 24.7 Å². The monoisotopic (exact) mass is 376 g/mol. The molecule has 4 atom stereocenters. The lowest BCUT2D eigenvalue weighted by atomic mass is 10.0. The van der Waals surface area contributed by atoms with Gasteiger partial charge in [0.25, 0.3) is 5.91 Å². The van der Waals surface area contributed by atoms with E-state index in [1.165, 1.54) is 12.8 Å². The Kier molecular flexibility index (Phi) is 5.84. The Balaban J connectivity index is 1.75. The van der Waals surface area contributed by atoms with Crippen LogP contribution in [0.25, 0.3) is 0 Å². The van der Waals surface area contributed by atoms with Gasteiger partial charge in [-0.25, -0.2) is 0 Å². The normalized spacial score (nSPS) is 26.8. The first kappa shape index (κ1) is 19.8. The van der Waals surface area contributed by atoms with Gasteiger partial charge in [-0.05, 0) is 51.6 Å². The Hall–Kier alpha value is -1.95. The van der Waals surface area contributed by atoms with Gasteiger partial charge in [0, 0.05) is 31.3 Å². The molecule has 6 heteroatoms. The maximum absolute atomic E-state index is 13.2. The molecule has 1 amide bonds. The molecule has 3 rings (SSSR count). The van der Waals surface area contributed by atoms with Crippen LogP contribution in [0.2, 0.25) is 0 Å². The van der Waals surface area contributed by atoms with Crippen molar-refractivity contribution in [3.05, 3.63) is 17.7 Å². The zero-order valence-corrected chi connectivity index (χ0v) is 17.3. The summed E-state index contributed by atoms with van der Waals surface area (Å²) in [6, 6.07) is 4.40. The largest absolute Gasteiger partial charge is 0.496 e. The highest BCUT2D eigenvalue weighted by atomic mass is 16.5. The molecule has 150 valence electrons. The second kappa shape index (κ2) is 7.97. The molecule has 0 N–H and O–H groups in total. The van der Waals surface area contributed by atoms with Crippen molar-refractivity contribution in [1.82, 2.24) is 9.80 Å². The highest BCUT2D eigenvalue weighted by Gasteiger charge is 2.44. The van der Waals surface area contributed by atoms with Crippen LogP contribution in [0.15, 0.2) is 12.1 Å². The van der Waals surface area contributed by atoms with Gasteiger partial charge >= 0.3 is 0 Å². The predicted octanol–water partition coefficient (Wildman–Crippen LogP) is 2.90. The predicted molar refractivity (Wildman–Crippen MR) is 105 cm³/mol. The number of rotatable bonds is 6. The van der Waals surface area contributed by atoms with Crippen LogP contribution in [0.1, 0.15) is 36.0 Å². The average molecular weight is 376 g/mol. The van der Waals surface area contributed by atoms with Crippen LogP contribution in [0.4, 0.5) is 0 Å². The van der Waals surface area contributed by atoms with E-state index < -0.39 is 0 Å². The first-order chi connectivity index (χ1) is 12.9. The second-order valence-electron chi connectivity index (χ2n) is 8.06. The maximum Gasteiger partial charge on any atom is 0.257 e. The van der Waals surface area contributed by atoms with Crippen LogP contribution in [0, 0.1) is 11.8 Å². The SMILES string of the molecule is COc1cc(OC)c(C(=O)N(C)C2C[C@H]3CC(N(C)C)C[C@H]3C2)cc1OC. The average Bonchev–Trinajstić information content (AvgIpc) is 3.24. The molecule has 0 aliphatic heterocycles. The number of hydrogen-bond acceptors (Lipinski definition) is 5. The molecule has 2 saturated carbocycles. The lowest BCUT2D eigenvalue weighted by Gasteiger charge is -2.28. The van der Waals surface area contributed by atoms with Crippen molar-refractivity contribution in [3.8, 4) is 17.2 Å². The minimum atomic E-state index is -0.0260. The Morgan fingerprint density at radius 1 is 0.815 bits per heavy atom. The summed E-state index contributed by atoms with van der Waals surface area (Å²) in [5.41, 5.74) is 0.515. The van der Waals surface area contributed by atoms with Gasteiger partial charge in [-0.2, -0.15) is 0 Å². The van der Waals surface area contributed by atoms with E-state index in [2.05, 4.69) is 19.0 Å². The van der Waals surface area contributed by atoms with Crippen LogP contribution in [0.5, 0.6) is 17.2 Å². The number of methoxy groups -OCH3 is 3. The van der Waals surface area contributed by atoms with Gasteiger partial charge in [0.1, 0.15) is 5.75 Å². The van der Waals surface area contributed by atoms with E-state index >= 15 is 0 Å². The number of ether oxygens (including phenoxy) is 3. The number of benzene rings is 1. The molecule has 0 spiro atoms. The molecule has 6 nitrogen and oxygen atoms in total. The molecule has 0 heterocycles. The number of carbonyl (C=O) groups is 1. The van der Waals surface area contributed by atoms with Gasteiger partial charge in [0.15, 0.2) is 11.5 Å². The van der Waals surface area contributed by atoms with Crippen molar-refractivity contribution in [3.63, 3.8) is 0 Å². The summed E-state index contributed by atoms with van der Waals surface area (Å²) >= 11 is 0. The fourth-order valence-corrected chi connectivity index (χ4v) is 4.84. The first-order valence-corrected chi connectivity index (χ1v) is 9.63. The van der Waals surface area contributed by atoms with Crippen molar-refractivity contribution >= 4 is 5.91 Å². The summed E-state index contributed by atoms with van der Waals surface area (Å²) < 4.78 is 16.1. The van der Waals surface area contributed by atoms with Crippen molar-refractivity contribution < 1.29 is 19.0 Å². The molecule has 1 aromatic rings. The Morgan fingerprint density at radius 2 is 1.30 bits per heavy atom. The first-order valence-electron chi connectivity index (χ1n) is 9.63. The van der Waals surface area contributed by atoms with Crippen LogP contribution in [0.3, 0.4) is 0 Å². The molecule has 2 aliphatic carbocycles. The third-order valence-corrected chi connectivity index (χ3v) is 6.50. The molecular formula is C21H32N2O4. The molecule has 0 saturated heterocycles. The van der Waals surface area contributed by atoms with E-state index in [0.29, 0.717) is 28.9 Å². The molecule has 1 aromatic carbocycles. The van der Waals surface area contributed by atoms with Gasteiger partial charge in [-0.3, -0.25) is 4.79 Å². The van der Waals surface area contributed by atoms with Crippen molar-refractivity contribution in [2.45, 2.75) is 37.8 Å². The molecule has 27 heavy (non-hydrogen) atoms. The molecular weight excluding hydrogens is 344 g/mol. The molecule has 2 aliphatic rings. The van der Waals surface area contributed by atoms with E-state index in [1.807, 2.05) is 11.9 Å². The Bertz CT molecular complexity index is 677. The highest BCUT2D eigenvalue weighted by Crippen LogP contribution is 2.47. The zero-order valence-electron chi connectivity index (χ0n) is 17.3. The van der Waals surface area contributed by atoms with Crippen molar-refractivity contribution in [2.75, 3.05) is 42.5 Å². The highest BCUT2D eigenvalue weighted by molar-refractivity contribution is 5.98. The van der Waals surface area contributed by atoms with Crippen LogP contribution < -0.4 is 14.2 Å². The smallest absolute Gasteiger partial charge is 0.257 e. The van der Waals surface area contributed by atoms with E-state index in [9.17, 15) is 4.79 Å². The summed E-state index contributed by atoms with van der Waals surface area (Å²) in [4.78, 5) is 17.5. The quantitative estimate of drug-likeness (QED) is 0.764. The van der Waals surface area contributed by atoms with Gasteiger partial charge in [-0.15, -0.1) is 0 Å². The number of amides is 1. The maximum atomic E-state index is 13.2. The number of carbonyl (C=O) groups excluding carboxylic acids is 1. The Morgan fingerprint density at radius 3 is 1.78 bits per heavy atom. The lowest BCUT2D eigenvalue weighted by molar-refractivity contribution is 0.0722. The number of nitrogens with zero attached hydrogens (tertiary/aromatic N) is 2. The number of fused-ring (bicyclic) bond motifs is 1. The van der Waals surface area contributed by atoms with Crippen LogP contribution in [-0.2, 0) is 0 Å². The molecule has 0 aromatic heterocycles. The summed E-state index contributed by atoms with van der Waals surface area (Å²) in [7, 11) is 11.0. The third kappa shape index (κ3) is 3.72. The Labute approximate surface area is 162 Å². The van der Waals surface area contributed by atoms with E-state index in [-0.39, 0.29) is 11.9 Å². The van der Waals surface area contributed by atoms with Crippen molar-refractivity contribution in [2.24, 2.45) is 11.8 Å². The summed E-state index contributed by atoms with van der Waals surface area (Å²) in [5, 5.41) is 0. The minimum Gasteiger partial charge on any atom is -0.496 e. The van der Waals surface area contributed by atoms with E-state index in [1.54, 1.807) is 33.5 Å². The van der Waals surface area contributed by atoms with Crippen LogP contribution in [-0.4, -0.2) is 70.3 Å². The summed E-state index contributed by atoms with van der Waals surface area (Å²) in [5.74, 6) is 3.03. The molecule has 2 unspecified atom stereocenters. The van der Waals surface area contributed by atoms with Crippen molar-refractivity contribution in [1.29, 1.82) is 0 Å². The third-order valence-electron chi connectivity index (χ3n) is 6.50. The topological polar surface area (TPSA) is 51.2 Å². The standard InChI is InChI=1S/C21H32N2O4/c1-22(2)15-7-13-9-16(10-14(13)8-15)23(3)21(24)17-11-19(26-5)20(27-6)12-18(17)25-4/h11-16H,7-10H2,1-6H3/t13-,14+,15?,16?. The fourth-order valence-electron chi connectivity index (χ4n) is 4.84. The van der Waals surface area contributed by atoms with Gasteiger partial charge in [0.2, 0.25) is 0 Å². The van der Waals surface area contributed by atoms with Crippen LogP contribution >= 0.6 is 0 Å². The lowest BCUT2D eigenvalue weighted by Crippen LogP contribution is -2.36.